The molecule has 0 spiro atoms. The number of nitrogens with zero attached hydrogens (tertiary/aromatic N) is 3. The molecule has 174 valence electrons. The summed E-state index contributed by atoms with van der Waals surface area (Å²) in [5.41, 5.74) is 2.79. The lowest BCUT2D eigenvalue weighted by Gasteiger charge is -2.23. The van der Waals surface area contributed by atoms with Gasteiger partial charge in [-0.05, 0) is 60.9 Å². The van der Waals surface area contributed by atoms with Crippen molar-refractivity contribution in [2.24, 2.45) is 0 Å². The molecule has 0 atom stereocenters. The second-order valence-electron chi connectivity index (χ2n) is 8.23. The van der Waals surface area contributed by atoms with Crippen LogP contribution in [-0.4, -0.2) is 34.7 Å². The lowest BCUT2D eigenvalue weighted by molar-refractivity contribution is 0.0950. The fourth-order valence-electron chi connectivity index (χ4n) is 3.42. The van der Waals surface area contributed by atoms with Crippen LogP contribution < -0.4 is 10.0 Å². The molecule has 4 rings (SSSR count). The SMILES string of the molecule is CC(C)(NS(=O)(=O)c1ccc(-c2cccc(CNC(=O)c3ccncc3)c2)cc1)c1cn[nH]n1. The zero-order valence-corrected chi connectivity index (χ0v) is 19.5. The number of amides is 1. The number of carbonyl (C=O) groups excluding carboxylic acids is 1. The molecule has 0 saturated heterocycles. The second kappa shape index (κ2) is 9.54. The van der Waals surface area contributed by atoms with E-state index in [9.17, 15) is 13.2 Å². The minimum Gasteiger partial charge on any atom is -0.348 e. The third kappa shape index (κ3) is 5.36. The molecule has 0 aliphatic carbocycles. The van der Waals surface area contributed by atoms with Gasteiger partial charge in [-0.15, -0.1) is 0 Å². The second-order valence-corrected chi connectivity index (χ2v) is 9.91. The molecule has 0 aliphatic heterocycles. The third-order valence-corrected chi connectivity index (χ3v) is 6.94. The number of nitrogens with one attached hydrogen (secondary N) is 3. The molecule has 2 heterocycles. The van der Waals surface area contributed by atoms with Crippen molar-refractivity contribution in [1.82, 2.24) is 30.4 Å². The number of aromatic nitrogens is 4. The fourth-order valence-corrected chi connectivity index (χ4v) is 4.81. The smallest absolute Gasteiger partial charge is 0.251 e. The van der Waals surface area contributed by atoms with Crippen molar-refractivity contribution < 1.29 is 13.2 Å². The van der Waals surface area contributed by atoms with Crippen LogP contribution in [0.1, 0.15) is 35.5 Å². The van der Waals surface area contributed by atoms with Crippen molar-refractivity contribution in [2.75, 3.05) is 0 Å². The third-order valence-electron chi connectivity index (χ3n) is 5.27. The van der Waals surface area contributed by atoms with Gasteiger partial charge >= 0.3 is 0 Å². The summed E-state index contributed by atoms with van der Waals surface area (Å²) in [4.78, 5) is 16.3. The Morgan fingerprint density at radius 3 is 2.41 bits per heavy atom. The van der Waals surface area contributed by atoms with Gasteiger partial charge in [0.25, 0.3) is 5.91 Å². The molecular formula is C24H24N6O3S. The number of H-pyrrole nitrogens is 1. The van der Waals surface area contributed by atoms with Gasteiger partial charge in [0.2, 0.25) is 10.0 Å². The summed E-state index contributed by atoms with van der Waals surface area (Å²) in [5, 5.41) is 13.1. The summed E-state index contributed by atoms with van der Waals surface area (Å²) in [6, 6.07) is 17.7. The van der Waals surface area contributed by atoms with Crippen LogP contribution in [0.5, 0.6) is 0 Å². The van der Waals surface area contributed by atoms with Crippen LogP contribution in [0.15, 0.2) is 84.1 Å². The van der Waals surface area contributed by atoms with Crippen LogP contribution in [0.3, 0.4) is 0 Å². The molecule has 0 radical (unpaired) electrons. The number of sulfonamides is 1. The number of aromatic amines is 1. The Labute approximate surface area is 197 Å². The van der Waals surface area contributed by atoms with Crippen LogP contribution in [0.2, 0.25) is 0 Å². The molecule has 0 bridgehead atoms. The van der Waals surface area contributed by atoms with E-state index in [0.29, 0.717) is 17.8 Å². The van der Waals surface area contributed by atoms with Gasteiger partial charge < -0.3 is 5.32 Å². The van der Waals surface area contributed by atoms with Crippen molar-refractivity contribution in [2.45, 2.75) is 30.8 Å². The van der Waals surface area contributed by atoms with Gasteiger partial charge in [-0.3, -0.25) is 9.78 Å². The summed E-state index contributed by atoms with van der Waals surface area (Å²) < 4.78 is 28.5. The molecule has 10 heteroatoms. The maximum absolute atomic E-state index is 12.9. The number of hydrogen-bond acceptors (Lipinski definition) is 6. The molecule has 0 fully saturated rings. The number of rotatable bonds is 8. The number of hydrogen-bond donors (Lipinski definition) is 3. The van der Waals surface area contributed by atoms with E-state index < -0.39 is 15.6 Å². The summed E-state index contributed by atoms with van der Waals surface area (Å²) in [6.07, 6.45) is 4.63. The van der Waals surface area contributed by atoms with Crippen LogP contribution in [0.4, 0.5) is 0 Å². The highest BCUT2D eigenvalue weighted by atomic mass is 32.2. The summed E-state index contributed by atoms with van der Waals surface area (Å²) in [6.45, 7) is 3.80. The lowest BCUT2D eigenvalue weighted by Crippen LogP contribution is -2.41. The lowest BCUT2D eigenvalue weighted by atomic mass is 10.0. The highest BCUT2D eigenvalue weighted by Gasteiger charge is 2.30. The van der Waals surface area contributed by atoms with Crippen molar-refractivity contribution in [3.05, 3.63) is 96.1 Å². The molecule has 2 aromatic carbocycles. The van der Waals surface area contributed by atoms with Gasteiger partial charge in [0.15, 0.2) is 0 Å². The Hall–Kier alpha value is -3.89. The topological polar surface area (TPSA) is 130 Å². The zero-order valence-electron chi connectivity index (χ0n) is 18.7. The molecule has 9 nitrogen and oxygen atoms in total. The predicted molar refractivity (Wildman–Crippen MR) is 127 cm³/mol. The maximum Gasteiger partial charge on any atom is 0.251 e. The van der Waals surface area contributed by atoms with Gasteiger partial charge in [-0.25, -0.2) is 8.42 Å². The fraction of sp³-hybridized carbons (Fsp3) is 0.167. The van der Waals surface area contributed by atoms with Gasteiger partial charge in [0.1, 0.15) is 5.69 Å². The molecule has 1 amide bonds. The predicted octanol–water partition coefficient (Wildman–Crippen LogP) is 3.01. The first-order valence-corrected chi connectivity index (χ1v) is 12.0. The van der Waals surface area contributed by atoms with E-state index in [-0.39, 0.29) is 10.8 Å². The summed E-state index contributed by atoms with van der Waals surface area (Å²) in [7, 11) is -3.78. The minimum atomic E-state index is -3.78. The average Bonchev–Trinajstić information content (AvgIpc) is 3.39. The quantitative estimate of drug-likeness (QED) is 0.358. The van der Waals surface area contributed by atoms with Crippen LogP contribution in [-0.2, 0) is 22.1 Å². The van der Waals surface area contributed by atoms with Crippen LogP contribution in [0, 0.1) is 0 Å². The monoisotopic (exact) mass is 476 g/mol. The van der Waals surface area contributed by atoms with Crippen molar-refractivity contribution in [3.8, 4) is 11.1 Å². The highest BCUT2D eigenvalue weighted by Crippen LogP contribution is 2.25. The summed E-state index contributed by atoms with van der Waals surface area (Å²) in [5.74, 6) is -0.177. The van der Waals surface area contributed by atoms with Gasteiger partial charge in [-0.1, -0.05) is 30.3 Å². The molecule has 0 aliphatic rings. The molecule has 3 N–H and O–H groups in total. The maximum atomic E-state index is 12.9. The molecule has 4 aromatic rings. The Bertz CT molecular complexity index is 1370. The Balaban J connectivity index is 1.46. The van der Waals surface area contributed by atoms with Crippen molar-refractivity contribution in [1.29, 1.82) is 0 Å². The number of carbonyl (C=O) groups is 1. The Morgan fingerprint density at radius 1 is 1.00 bits per heavy atom. The van der Waals surface area contributed by atoms with Crippen LogP contribution >= 0.6 is 0 Å². The molecule has 0 saturated carbocycles. The standard InChI is InChI=1S/C24H24N6O3S/c1-24(2,22-16-27-30-28-22)29-34(32,33)21-8-6-18(7-9-21)20-5-3-4-17(14-20)15-26-23(31)19-10-12-25-13-11-19/h3-14,16,29H,15H2,1-2H3,(H,26,31)(H,27,28,30). The first-order chi connectivity index (χ1) is 16.2. The number of pyridine rings is 1. The van der Waals surface area contributed by atoms with E-state index >= 15 is 0 Å². The van der Waals surface area contributed by atoms with Crippen molar-refractivity contribution >= 4 is 15.9 Å². The van der Waals surface area contributed by atoms with E-state index in [4.69, 9.17) is 0 Å². The largest absolute Gasteiger partial charge is 0.348 e. The highest BCUT2D eigenvalue weighted by molar-refractivity contribution is 7.89. The van der Waals surface area contributed by atoms with E-state index in [1.807, 2.05) is 24.3 Å². The van der Waals surface area contributed by atoms with Gasteiger partial charge in [-0.2, -0.15) is 20.1 Å². The van der Waals surface area contributed by atoms with E-state index in [2.05, 4.69) is 30.4 Å². The summed E-state index contributed by atoms with van der Waals surface area (Å²) >= 11 is 0. The Morgan fingerprint density at radius 2 is 1.74 bits per heavy atom. The molecule has 2 aromatic heterocycles. The van der Waals surface area contributed by atoms with Crippen molar-refractivity contribution in [3.63, 3.8) is 0 Å². The zero-order chi connectivity index (χ0) is 24.2. The molecular weight excluding hydrogens is 452 g/mol. The first-order valence-electron chi connectivity index (χ1n) is 10.5. The average molecular weight is 477 g/mol. The minimum absolute atomic E-state index is 0.147. The van der Waals surface area contributed by atoms with Gasteiger partial charge in [0, 0.05) is 24.5 Å². The van der Waals surface area contributed by atoms with E-state index in [0.717, 1.165) is 16.7 Å². The molecule has 34 heavy (non-hydrogen) atoms. The van der Waals surface area contributed by atoms with Gasteiger partial charge in [0.05, 0.1) is 16.6 Å². The van der Waals surface area contributed by atoms with E-state index in [1.54, 1.807) is 62.6 Å². The number of benzene rings is 2. The first kappa shape index (κ1) is 23.3. The Kier molecular flexibility index (Phi) is 6.53. The normalized spacial score (nSPS) is 11.8. The van der Waals surface area contributed by atoms with Crippen LogP contribution in [0.25, 0.3) is 11.1 Å². The molecule has 0 unspecified atom stereocenters. The van der Waals surface area contributed by atoms with E-state index in [1.165, 1.54) is 6.20 Å².